The zero-order valence-electron chi connectivity index (χ0n) is 13.9. The highest BCUT2D eigenvalue weighted by Gasteiger charge is 2.35. The van der Waals surface area contributed by atoms with E-state index >= 15 is 0 Å². The monoisotopic (exact) mass is 393 g/mol. The van der Waals surface area contributed by atoms with Crippen LogP contribution in [0.25, 0.3) is 10.9 Å². The van der Waals surface area contributed by atoms with Crippen LogP contribution in [0.3, 0.4) is 0 Å². The van der Waals surface area contributed by atoms with Gasteiger partial charge in [-0.25, -0.2) is 12.8 Å². The predicted molar refractivity (Wildman–Crippen MR) is 85.5 cm³/mol. The number of hydrogen-bond donors (Lipinski definition) is 0. The second-order valence-corrected chi connectivity index (χ2v) is 8.05. The van der Waals surface area contributed by atoms with E-state index in [1.807, 2.05) is 0 Å². The fraction of sp³-hybridized carbons (Fsp3) is 0.438. The van der Waals surface area contributed by atoms with Gasteiger partial charge in [-0.15, -0.1) is 0 Å². The number of pyridine rings is 1. The maximum absolute atomic E-state index is 14.2. The Morgan fingerprint density at radius 3 is 2.38 bits per heavy atom. The first-order chi connectivity index (χ1) is 12.1. The molecule has 3 rings (SSSR count). The number of aromatic nitrogens is 1. The summed E-state index contributed by atoms with van der Waals surface area (Å²) in [5, 5.41) is -0.763. The topological polar surface area (TPSA) is 65.4 Å². The summed E-state index contributed by atoms with van der Waals surface area (Å²) in [5.41, 5.74) is -1.41. The summed E-state index contributed by atoms with van der Waals surface area (Å²) in [5.74, 6) is -4.39. The molecule has 1 aromatic heterocycles. The van der Waals surface area contributed by atoms with Gasteiger partial charge in [0.05, 0.1) is 10.9 Å². The highest BCUT2D eigenvalue weighted by Crippen LogP contribution is 2.43. The molecule has 26 heavy (non-hydrogen) atoms. The molecule has 0 aliphatic heterocycles. The van der Waals surface area contributed by atoms with Crippen LogP contribution in [0.5, 0.6) is 5.75 Å². The van der Waals surface area contributed by atoms with Crippen molar-refractivity contribution in [2.45, 2.75) is 43.9 Å². The lowest BCUT2D eigenvalue weighted by molar-refractivity contribution is -0.0516. The Morgan fingerprint density at radius 2 is 1.92 bits per heavy atom. The van der Waals surface area contributed by atoms with Gasteiger partial charge in [0.25, 0.3) is 0 Å². The van der Waals surface area contributed by atoms with Crippen molar-refractivity contribution in [2.24, 2.45) is 0 Å². The minimum Gasteiger partial charge on any atom is -0.429 e. The minimum absolute atomic E-state index is 0.0218. The second kappa shape index (κ2) is 6.26. The third-order valence-electron chi connectivity index (χ3n) is 4.21. The van der Waals surface area contributed by atoms with E-state index in [1.54, 1.807) is 6.92 Å². The normalized spacial score (nSPS) is 15.0. The smallest absolute Gasteiger partial charge is 0.387 e. The fourth-order valence-electron chi connectivity index (χ4n) is 3.10. The van der Waals surface area contributed by atoms with Gasteiger partial charge < -0.3 is 9.30 Å². The van der Waals surface area contributed by atoms with E-state index in [1.165, 1.54) is 0 Å². The Balaban J connectivity index is 2.63. The van der Waals surface area contributed by atoms with Crippen molar-refractivity contribution >= 4 is 20.7 Å². The molecule has 1 aliphatic rings. The molecule has 1 aromatic carbocycles. The summed E-state index contributed by atoms with van der Waals surface area (Å²) < 4.78 is 83.6. The highest BCUT2D eigenvalue weighted by molar-refractivity contribution is 7.90. The number of sulfone groups is 1. The number of rotatable bonds is 5. The Hall–Kier alpha value is -2.10. The number of nitrogens with zero attached hydrogens (tertiary/aromatic N) is 1. The second-order valence-electron chi connectivity index (χ2n) is 6.12. The molecule has 5 nitrogen and oxygen atoms in total. The van der Waals surface area contributed by atoms with Crippen molar-refractivity contribution in [3.63, 3.8) is 0 Å². The molecule has 0 radical (unpaired) electrons. The van der Waals surface area contributed by atoms with Crippen LogP contribution in [-0.4, -0.2) is 25.9 Å². The van der Waals surface area contributed by atoms with Gasteiger partial charge in [0.15, 0.2) is 26.8 Å². The molecule has 0 atom stereocenters. The number of fused-ring (bicyclic) bond motifs is 1. The quantitative estimate of drug-likeness (QED) is 0.732. The standard InChI is InChI=1S/C16H15F4NO4S/c1-3-8-13(22)9-6-10(17)11(18)14(25-16(19)20)12(9)21(7-4-5-7)15(8)26(2,23)24/h6-7,16H,3-5H2,1-2H3. The fourth-order valence-corrected chi connectivity index (χ4v) is 4.39. The zero-order chi connectivity index (χ0) is 19.4. The molecule has 2 aromatic rings. The van der Waals surface area contributed by atoms with Crippen LogP contribution >= 0.6 is 0 Å². The molecule has 0 N–H and O–H groups in total. The number of ether oxygens (including phenoxy) is 1. The van der Waals surface area contributed by atoms with Crippen molar-refractivity contribution in [3.05, 3.63) is 33.5 Å². The van der Waals surface area contributed by atoms with Crippen LogP contribution in [0.15, 0.2) is 15.9 Å². The minimum atomic E-state index is -3.96. The van der Waals surface area contributed by atoms with E-state index in [4.69, 9.17) is 0 Å². The van der Waals surface area contributed by atoms with E-state index in [2.05, 4.69) is 4.74 Å². The summed E-state index contributed by atoms with van der Waals surface area (Å²) in [4.78, 5) is 12.7. The predicted octanol–water partition coefficient (Wildman–Crippen LogP) is 3.18. The third-order valence-corrected chi connectivity index (χ3v) is 5.36. The van der Waals surface area contributed by atoms with Crippen molar-refractivity contribution in [1.29, 1.82) is 0 Å². The molecular weight excluding hydrogens is 378 g/mol. The van der Waals surface area contributed by atoms with E-state index in [0.29, 0.717) is 18.9 Å². The summed E-state index contributed by atoms with van der Waals surface area (Å²) >= 11 is 0. The maximum Gasteiger partial charge on any atom is 0.387 e. The molecule has 142 valence electrons. The lowest BCUT2D eigenvalue weighted by Crippen LogP contribution is -2.24. The van der Waals surface area contributed by atoms with Gasteiger partial charge in [0.1, 0.15) is 5.03 Å². The molecule has 1 fully saturated rings. The molecule has 0 bridgehead atoms. The number of alkyl halides is 2. The highest BCUT2D eigenvalue weighted by atomic mass is 32.2. The Kier molecular flexibility index (Phi) is 4.50. The summed E-state index contributed by atoms with van der Waals surface area (Å²) in [7, 11) is -3.96. The van der Waals surface area contributed by atoms with E-state index in [9.17, 15) is 30.8 Å². The molecule has 10 heteroatoms. The van der Waals surface area contributed by atoms with Crippen molar-refractivity contribution in [3.8, 4) is 5.75 Å². The molecule has 1 heterocycles. The first-order valence-corrected chi connectivity index (χ1v) is 9.71. The van der Waals surface area contributed by atoms with Gasteiger partial charge in [-0.05, 0) is 25.3 Å². The molecule has 0 amide bonds. The lowest BCUT2D eigenvalue weighted by Gasteiger charge is -2.21. The molecule has 1 saturated carbocycles. The van der Waals surface area contributed by atoms with E-state index in [0.717, 1.165) is 10.8 Å². The van der Waals surface area contributed by atoms with E-state index in [-0.39, 0.29) is 17.0 Å². The number of benzene rings is 1. The van der Waals surface area contributed by atoms with Gasteiger partial charge in [0.2, 0.25) is 5.82 Å². The summed E-state index contributed by atoms with van der Waals surface area (Å²) in [6.45, 7) is -1.94. The van der Waals surface area contributed by atoms with Crippen LogP contribution in [0, 0.1) is 11.6 Å². The van der Waals surface area contributed by atoms with Crippen LogP contribution in [0.1, 0.15) is 31.4 Å². The average Bonchev–Trinajstić information content (AvgIpc) is 3.35. The summed E-state index contributed by atoms with van der Waals surface area (Å²) in [6, 6.07) is 0.160. The van der Waals surface area contributed by atoms with Crippen LogP contribution in [0.4, 0.5) is 17.6 Å². The van der Waals surface area contributed by atoms with Gasteiger partial charge >= 0.3 is 6.61 Å². The van der Waals surface area contributed by atoms with Crippen LogP contribution in [-0.2, 0) is 16.3 Å². The van der Waals surface area contributed by atoms with Crippen molar-refractivity contribution in [2.75, 3.05) is 6.26 Å². The van der Waals surface area contributed by atoms with Crippen molar-refractivity contribution in [1.82, 2.24) is 4.57 Å². The van der Waals surface area contributed by atoms with Crippen LogP contribution in [0.2, 0.25) is 0 Å². The molecule has 0 spiro atoms. The largest absolute Gasteiger partial charge is 0.429 e. The van der Waals surface area contributed by atoms with Gasteiger partial charge in [-0.2, -0.15) is 13.2 Å². The zero-order valence-corrected chi connectivity index (χ0v) is 14.7. The Bertz CT molecular complexity index is 1060. The number of halogens is 4. The Labute approximate surface area is 146 Å². The molecular formula is C16H15F4NO4S. The molecule has 0 saturated heterocycles. The summed E-state index contributed by atoms with van der Waals surface area (Å²) in [6.07, 6.45) is 1.92. The molecule has 0 unspecified atom stereocenters. The SMILES string of the molecule is CCc1c(S(C)(=O)=O)n(C2CC2)c2c(OC(F)F)c(F)c(F)cc2c1=O. The van der Waals surface area contributed by atoms with Gasteiger partial charge in [-0.1, -0.05) is 6.92 Å². The van der Waals surface area contributed by atoms with Crippen LogP contribution < -0.4 is 10.2 Å². The first-order valence-electron chi connectivity index (χ1n) is 7.81. The maximum atomic E-state index is 14.2. The third kappa shape index (κ3) is 2.95. The number of hydrogen-bond acceptors (Lipinski definition) is 4. The Morgan fingerprint density at radius 1 is 1.31 bits per heavy atom. The van der Waals surface area contributed by atoms with E-state index < -0.39 is 56.2 Å². The average molecular weight is 393 g/mol. The van der Waals surface area contributed by atoms with Gasteiger partial charge in [-0.3, -0.25) is 4.79 Å². The van der Waals surface area contributed by atoms with Crippen molar-refractivity contribution < 1.29 is 30.7 Å². The first kappa shape index (κ1) is 18.7. The van der Waals surface area contributed by atoms with Gasteiger partial charge in [0, 0.05) is 17.9 Å². The molecule has 1 aliphatic carbocycles. The lowest BCUT2D eigenvalue weighted by atomic mass is 10.1.